The molecule has 0 saturated carbocycles. The van der Waals surface area contributed by atoms with E-state index < -0.39 is 0 Å². The van der Waals surface area contributed by atoms with Gasteiger partial charge in [-0.1, -0.05) is 71.5 Å². The molecular weight excluding hydrogens is 468 g/mol. The Kier molecular flexibility index (Phi) is 5.48. The lowest BCUT2D eigenvalue weighted by atomic mass is 9.83. The highest BCUT2D eigenvalue weighted by Crippen LogP contribution is 2.53. The van der Waals surface area contributed by atoms with Crippen LogP contribution in [0.3, 0.4) is 0 Å². The first-order valence-electron chi connectivity index (χ1n) is 13.4. The number of aromatic nitrogens is 2. The smallest absolute Gasteiger partial charge is 0.222 e. The summed E-state index contributed by atoms with van der Waals surface area (Å²) in [6.07, 6.45) is 8.37. The first-order chi connectivity index (χ1) is 17.4. The molecule has 0 atom stereocenters. The molecule has 0 fully saturated rings. The monoisotopic (exact) mass is 505 g/mol. The second-order valence-corrected chi connectivity index (χ2v) is 14.3. The Morgan fingerprint density at radius 1 is 0.838 bits per heavy atom. The molecule has 0 saturated heterocycles. The van der Waals surface area contributed by atoms with E-state index in [9.17, 15) is 0 Å². The van der Waals surface area contributed by atoms with E-state index in [1.165, 1.54) is 70.1 Å². The van der Waals surface area contributed by atoms with Gasteiger partial charge in [0, 0.05) is 39.0 Å². The van der Waals surface area contributed by atoms with Gasteiger partial charge in [0.05, 0.1) is 10.9 Å². The molecule has 3 heteroatoms. The molecule has 5 aromatic rings. The van der Waals surface area contributed by atoms with E-state index in [1.54, 1.807) is 0 Å². The zero-order chi connectivity index (χ0) is 26.3. The Hall–Kier alpha value is -2.91. The molecule has 0 spiro atoms. The van der Waals surface area contributed by atoms with Crippen molar-refractivity contribution in [1.82, 2.24) is 4.98 Å². The van der Waals surface area contributed by atoms with Crippen molar-refractivity contribution in [2.24, 2.45) is 17.9 Å². The van der Waals surface area contributed by atoms with Crippen molar-refractivity contribution in [2.75, 3.05) is 0 Å². The molecule has 0 bridgehead atoms. The number of nitrogens with zero attached hydrogens (tertiary/aromatic N) is 2. The minimum atomic E-state index is 0.171. The zero-order valence-electron chi connectivity index (χ0n) is 23.4. The molecule has 0 unspecified atom stereocenters. The van der Waals surface area contributed by atoms with E-state index in [-0.39, 0.29) is 10.8 Å². The predicted molar refractivity (Wildman–Crippen MR) is 159 cm³/mol. The van der Waals surface area contributed by atoms with Crippen LogP contribution in [0.2, 0.25) is 0 Å². The van der Waals surface area contributed by atoms with Crippen LogP contribution in [-0.2, 0) is 19.9 Å². The Balaban J connectivity index is 1.76. The number of aryl methyl sites for hydroxylation is 2. The maximum atomic E-state index is 4.57. The Morgan fingerprint density at radius 2 is 1.59 bits per heavy atom. The summed E-state index contributed by atoms with van der Waals surface area (Å²) in [6.45, 7) is 16.3. The highest BCUT2D eigenvalue weighted by atomic mass is 32.2. The number of benzene rings is 3. The minimum absolute atomic E-state index is 0.171. The molecule has 0 aliphatic carbocycles. The van der Waals surface area contributed by atoms with Crippen LogP contribution in [0.5, 0.6) is 0 Å². The quantitative estimate of drug-likeness (QED) is 0.172. The standard InChI is InChI=1S/C34H37N2S/c1-20-22-12-14-35-19-27(22)26(18-34(5,6)7)32-29(20)31-30-24(13-15-36(31)8)23-11-9-10-21(17-33(2,3)4)25(23)16-28(30)37-32/h9-16,19H,17-18H2,1-8H3/q+1. The van der Waals surface area contributed by atoms with Crippen LogP contribution in [0.1, 0.15) is 58.2 Å². The second-order valence-electron chi connectivity index (χ2n) is 13.3. The van der Waals surface area contributed by atoms with Gasteiger partial charge in [0.1, 0.15) is 7.05 Å². The molecule has 1 aliphatic heterocycles. The van der Waals surface area contributed by atoms with Gasteiger partial charge in [0.25, 0.3) is 0 Å². The summed E-state index contributed by atoms with van der Waals surface area (Å²) < 4.78 is 2.34. The maximum absolute atomic E-state index is 4.57. The molecule has 2 nitrogen and oxygen atoms in total. The number of rotatable bonds is 2. The van der Waals surface area contributed by atoms with Crippen LogP contribution in [0.15, 0.2) is 64.8 Å². The third kappa shape index (κ3) is 4.03. The largest absolute Gasteiger partial charge is 0.264 e. The Morgan fingerprint density at radius 3 is 2.32 bits per heavy atom. The number of fused-ring (bicyclic) bond motifs is 5. The van der Waals surface area contributed by atoms with Gasteiger partial charge in [0.15, 0.2) is 6.20 Å². The van der Waals surface area contributed by atoms with Gasteiger partial charge < -0.3 is 0 Å². The molecule has 3 heterocycles. The van der Waals surface area contributed by atoms with Crippen LogP contribution < -0.4 is 4.57 Å². The number of hydrogen-bond donors (Lipinski definition) is 0. The molecule has 1 aliphatic rings. The molecule has 2 aromatic heterocycles. The fourth-order valence-electron chi connectivity index (χ4n) is 6.20. The van der Waals surface area contributed by atoms with Crippen LogP contribution in [0.25, 0.3) is 43.6 Å². The molecule has 3 aromatic carbocycles. The van der Waals surface area contributed by atoms with E-state index in [4.69, 9.17) is 0 Å². The van der Waals surface area contributed by atoms with Crippen LogP contribution in [0, 0.1) is 17.8 Å². The lowest BCUT2D eigenvalue weighted by molar-refractivity contribution is -0.659. The average Bonchev–Trinajstić information content (AvgIpc) is 2.82. The van der Waals surface area contributed by atoms with E-state index in [1.807, 2.05) is 18.0 Å². The maximum Gasteiger partial charge on any atom is 0.222 e. The van der Waals surface area contributed by atoms with E-state index in [0.717, 1.165) is 12.8 Å². The third-order valence-corrected chi connectivity index (χ3v) is 8.83. The molecular formula is C34H37N2S+. The van der Waals surface area contributed by atoms with Gasteiger partial charge in [-0.15, -0.1) is 0 Å². The SMILES string of the molecule is Cc1c2c(c(CC(C)(C)C)c3cnccc13)Sc1cc3c(CC(C)(C)C)cccc3c3cc[n+](C)c-2c13. The van der Waals surface area contributed by atoms with Crippen molar-refractivity contribution in [2.45, 2.75) is 71.1 Å². The fraction of sp³-hybridized carbons (Fsp3) is 0.353. The van der Waals surface area contributed by atoms with Gasteiger partial charge >= 0.3 is 0 Å². The third-order valence-electron chi connectivity index (χ3n) is 7.64. The highest BCUT2D eigenvalue weighted by molar-refractivity contribution is 8.00. The van der Waals surface area contributed by atoms with Gasteiger partial charge in [-0.05, 0) is 75.6 Å². The fourth-order valence-corrected chi connectivity index (χ4v) is 7.57. The summed E-state index contributed by atoms with van der Waals surface area (Å²) in [5.41, 5.74) is 7.38. The summed E-state index contributed by atoms with van der Waals surface area (Å²) in [5.74, 6) is 0. The summed E-state index contributed by atoms with van der Waals surface area (Å²) >= 11 is 1.98. The summed E-state index contributed by atoms with van der Waals surface area (Å²) in [7, 11) is 2.21. The molecule has 188 valence electrons. The first-order valence-corrected chi connectivity index (χ1v) is 14.2. The number of pyridine rings is 2. The summed E-state index contributed by atoms with van der Waals surface area (Å²) in [5, 5.41) is 8.13. The number of hydrogen-bond acceptors (Lipinski definition) is 2. The minimum Gasteiger partial charge on any atom is -0.264 e. The van der Waals surface area contributed by atoms with Crippen molar-refractivity contribution >= 4 is 44.1 Å². The topological polar surface area (TPSA) is 16.8 Å². The lowest BCUT2D eigenvalue weighted by Crippen LogP contribution is -2.32. The molecule has 0 amide bonds. The highest BCUT2D eigenvalue weighted by Gasteiger charge is 2.33. The van der Waals surface area contributed by atoms with E-state index in [0.29, 0.717) is 0 Å². The van der Waals surface area contributed by atoms with Gasteiger partial charge in [0.2, 0.25) is 5.69 Å². The van der Waals surface area contributed by atoms with Crippen LogP contribution >= 0.6 is 11.8 Å². The Labute approximate surface area is 225 Å². The summed E-state index contributed by atoms with van der Waals surface area (Å²) in [6, 6.07) is 13.9. The van der Waals surface area contributed by atoms with Crippen molar-refractivity contribution in [1.29, 1.82) is 0 Å². The average molecular weight is 506 g/mol. The van der Waals surface area contributed by atoms with E-state index >= 15 is 0 Å². The van der Waals surface area contributed by atoms with Crippen molar-refractivity contribution in [3.63, 3.8) is 0 Å². The van der Waals surface area contributed by atoms with Crippen molar-refractivity contribution in [3.05, 3.63) is 71.7 Å². The lowest BCUT2D eigenvalue weighted by Gasteiger charge is -2.28. The normalized spacial score (nSPS) is 13.5. The Bertz CT molecular complexity index is 1730. The van der Waals surface area contributed by atoms with Crippen molar-refractivity contribution < 1.29 is 4.57 Å². The predicted octanol–water partition coefficient (Wildman–Crippen LogP) is 8.98. The molecule has 0 radical (unpaired) electrons. The van der Waals surface area contributed by atoms with Gasteiger partial charge in [-0.25, -0.2) is 4.57 Å². The second kappa shape index (κ2) is 8.30. The van der Waals surface area contributed by atoms with Crippen LogP contribution in [-0.4, -0.2) is 4.98 Å². The van der Waals surface area contributed by atoms with Crippen LogP contribution in [0.4, 0.5) is 0 Å². The van der Waals surface area contributed by atoms with E-state index in [2.05, 4.69) is 114 Å². The molecule has 0 N–H and O–H groups in total. The molecule has 6 rings (SSSR count). The van der Waals surface area contributed by atoms with Gasteiger partial charge in [-0.2, -0.15) is 0 Å². The van der Waals surface area contributed by atoms with Crippen molar-refractivity contribution in [3.8, 4) is 11.3 Å². The van der Waals surface area contributed by atoms with Gasteiger partial charge in [-0.3, -0.25) is 4.98 Å². The zero-order valence-corrected chi connectivity index (χ0v) is 24.2. The summed E-state index contributed by atoms with van der Waals surface area (Å²) in [4.78, 5) is 7.35. The molecule has 37 heavy (non-hydrogen) atoms. The first kappa shape index (κ1) is 24.4.